The predicted octanol–water partition coefficient (Wildman–Crippen LogP) is 4.28. The number of cyclic esters (lactones) is 1. The number of rotatable bonds is 7. The summed E-state index contributed by atoms with van der Waals surface area (Å²) in [6.45, 7) is 6.07. The Balaban J connectivity index is 1.47. The van der Waals surface area contributed by atoms with Gasteiger partial charge in [0.25, 0.3) is 0 Å². The number of hydrogen-bond acceptors (Lipinski definition) is 8. The van der Waals surface area contributed by atoms with Gasteiger partial charge in [0.2, 0.25) is 17.8 Å². The number of nitrogens with zero attached hydrogens (tertiary/aromatic N) is 5. The summed E-state index contributed by atoms with van der Waals surface area (Å²) in [5, 5.41) is 3.26. The van der Waals surface area contributed by atoms with Crippen molar-refractivity contribution < 1.29 is 14.3 Å². The van der Waals surface area contributed by atoms with E-state index in [9.17, 15) is 4.79 Å². The molecule has 4 rings (SSSR count). The molecule has 1 aliphatic heterocycles. The lowest BCUT2D eigenvalue weighted by atomic mass is 10.1. The molecular weight excluding hydrogens is 396 g/mol. The van der Waals surface area contributed by atoms with Crippen molar-refractivity contribution in [2.75, 3.05) is 16.8 Å². The number of nitrogens with one attached hydrogen (secondary N) is 1. The van der Waals surface area contributed by atoms with E-state index in [0.29, 0.717) is 30.2 Å². The number of aryl methyl sites for hydroxylation is 1. The molecule has 31 heavy (non-hydrogen) atoms. The molecule has 2 aromatic heterocycles. The minimum Gasteiger partial charge on any atom is -0.447 e. The number of aromatic nitrogens is 4. The highest BCUT2D eigenvalue weighted by Crippen LogP contribution is 2.25. The molecule has 9 heteroatoms. The van der Waals surface area contributed by atoms with Crippen molar-refractivity contribution in [2.24, 2.45) is 0 Å². The summed E-state index contributed by atoms with van der Waals surface area (Å²) in [5.41, 5.74) is 0.937. The monoisotopic (exact) mass is 420 g/mol. The minimum atomic E-state index is -0.436. The molecule has 1 saturated heterocycles. The topological polar surface area (TPSA) is 102 Å². The van der Waals surface area contributed by atoms with E-state index in [4.69, 9.17) is 9.47 Å². The fraction of sp³-hybridized carbons (Fsp3) is 0.318. The predicted molar refractivity (Wildman–Crippen MR) is 115 cm³/mol. The van der Waals surface area contributed by atoms with Crippen LogP contribution in [0.15, 0.2) is 48.7 Å². The number of ether oxygens (including phenoxy) is 2. The first kappa shape index (κ1) is 20.5. The lowest BCUT2D eigenvalue weighted by molar-refractivity contribution is 0.178. The third-order valence-electron chi connectivity index (χ3n) is 4.95. The third-order valence-corrected chi connectivity index (χ3v) is 4.95. The Kier molecular flexibility index (Phi) is 5.92. The number of pyridine rings is 1. The number of para-hydroxylation sites is 1. The minimum absolute atomic E-state index is 0.0825. The molecule has 1 aliphatic rings. The lowest BCUT2D eigenvalue weighted by Crippen LogP contribution is -2.34. The fourth-order valence-corrected chi connectivity index (χ4v) is 3.24. The first-order valence-electron chi connectivity index (χ1n) is 10.2. The van der Waals surface area contributed by atoms with Crippen LogP contribution in [0, 0.1) is 6.92 Å². The van der Waals surface area contributed by atoms with Crippen LogP contribution in [-0.2, 0) is 4.74 Å². The first-order valence-corrected chi connectivity index (χ1v) is 10.2. The van der Waals surface area contributed by atoms with Crippen LogP contribution in [-0.4, -0.2) is 38.7 Å². The molecular formula is C22H24N6O3. The quantitative estimate of drug-likeness (QED) is 0.604. The summed E-state index contributed by atoms with van der Waals surface area (Å²) in [6.07, 6.45) is 2.06. The smallest absolute Gasteiger partial charge is 0.417 e. The maximum atomic E-state index is 12.1. The van der Waals surface area contributed by atoms with E-state index in [0.717, 1.165) is 17.7 Å². The number of anilines is 2. The van der Waals surface area contributed by atoms with Crippen molar-refractivity contribution in [2.45, 2.75) is 39.3 Å². The van der Waals surface area contributed by atoms with Gasteiger partial charge in [0.15, 0.2) is 0 Å². The Morgan fingerprint density at radius 1 is 1.19 bits per heavy atom. The van der Waals surface area contributed by atoms with Gasteiger partial charge in [0, 0.05) is 12.3 Å². The summed E-state index contributed by atoms with van der Waals surface area (Å²) in [5.74, 6) is 2.43. The summed E-state index contributed by atoms with van der Waals surface area (Å²) in [7, 11) is 0. The number of benzene rings is 1. The standard InChI is InChI=1S/C22H24N6O3/c1-4-17-13-30-22(29)28(17)21-26-15(3)25-20(27-21)24-14(2)16-10-11-19(23-12-16)31-18-8-6-5-7-9-18/h5-12,14,17H,4,13H2,1-3H3,(H,24,25,26,27)/t14-,17?/m0/s1. The molecule has 160 valence electrons. The van der Waals surface area contributed by atoms with Crippen LogP contribution in [0.3, 0.4) is 0 Å². The second-order valence-electron chi connectivity index (χ2n) is 7.23. The molecule has 1 N–H and O–H groups in total. The van der Waals surface area contributed by atoms with Crippen molar-refractivity contribution >= 4 is 18.0 Å². The molecule has 9 nitrogen and oxygen atoms in total. The summed E-state index contributed by atoms with van der Waals surface area (Å²) in [6, 6.07) is 13.0. The van der Waals surface area contributed by atoms with Crippen molar-refractivity contribution in [3.8, 4) is 11.6 Å². The highest BCUT2D eigenvalue weighted by atomic mass is 16.6. The van der Waals surface area contributed by atoms with Gasteiger partial charge in [-0.2, -0.15) is 15.0 Å². The third kappa shape index (κ3) is 4.71. The van der Waals surface area contributed by atoms with Crippen LogP contribution in [0.5, 0.6) is 11.6 Å². The van der Waals surface area contributed by atoms with Gasteiger partial charge >= 0.3 is 6.09 Å². The zero-order valence-electron chi connectivity index (χ0n) is 17.6. The van der Waals surface area contributed by atoms with E-state index in [-0.39, 0.29) is 12.1 Å². The van der Waals surface area contributed by atoms with Gasteiger partial charge in [-0.1, -0.05) is 31.2 Å². The largest absolute Gasteiger partial charge is 0.447 e. The average molecular weight is 420 g/mol. The number of carbonyl (C=O) groups excluding carboxylic acids is 1. The molecule has 0 aliphatic carbocycles. The molecule has 1 unspecified atom stereocenters. The van der Waals surface area contributed by atoms with Crippen LogP contribution >= 0.6 is 0 Å². The molecule has 0 saturated carbocycles. The van der Waals surface area contributed by atoms with E-state index in [1.165, 1.54) is 4.90 Å². The average Bonchev–Trinajstić information content (AvgIpc) is 3.15. The van der Waals surface area contributed by atoms with Crippen molar-refractivity contribution in [3.05, 3.63) is 60.0 Å². The van der Waals surface area contributed by atoms with E-state index in [1.807, 2.05) is 56.3 Å². The Morgan fingerprint density at radius 3 is 2.71 bits per heavy atom. The van der Waals surface area contributed by atoms with Gasteiger partial charge in [0.1, 0.15) is 18.2 Å². The van der Waals surface area contributed by atoms with Crippen LogP contribution in [0.2, 0.25) is 0 Å². The van der Waals surface area contributed by atoms with E-state index >= 15 is 0 Å². The van der Waals surface area contributed by atoms with Gasteiger partial charge in [-0.05, 0) is 38.0 Å². The van der Waals surface area contributed by atoms with E-state index in [1.54, 1.807) is 13.1 Å². The summed E-state index contributed by atoms with van der Waals surface area (Å²) in [4.78, 5) is 31.1. The zero-order valence-corrected chi connectivity index (χ0v) is 17.6. The normalized spacial score (nSPS) is 16.7. The van der Waals surface area contributed by atoms with Gasteiger partial charge in [-0.15, -0.1) is 0 Å². The Hall–Kier alpha value is -3.75. The van der Waals surface area contributed by atoms with Crippen LogP contribution in [0.4, 0.5) is 16.7 Å². The molecule has 3 heterocycles. The summed E-state index contributed by atoms with van der Waals surface area (Å²) >= 11 is 0. The Bertz CT molecular complexity index is 1040. The van der Waals surface area contributed by atoms with Crippen molar-refractivity contribution in [1.29, 1.82) is 0 Å². The van der Waals surface area contributed by atoms with Crippen LogP contribution < -0.4 is 15.0 Å². The van der Waals surface area contributed by atoms with E-state index in [2.05, 4.69) is 25.3 Å². The Morgan fingerprint density at radius 2 is 2.00 bits per heavy atom. The lowest BCUT2D eigenvalue weighted by Gasteiger charge is -2.20. The van der Waals surface area contributed by atoms with E-state index < -0.39 is 6.09 Å². The number of hydrogen-bond donors (Lipinski definition) is 1. The highest BCUT2D eigenvalue weighted by Gasteiger charge is 2.35. The van der Waals surface area contributed by atoms with Crippen molar-refractivity contribution in [3.63, 3.8) is 0 Å². The molecule has 1 fully saturated rings. The molecule has 0 radical (unpaired) electrons. The zero-order chi connectivity index (χ0) is 21.8. The first-order chi connectivity index (χ1) is 15.0. The molecule has 0 bridgehead atoms. The number of carbonyl (C=O) groups is 1. The van der Waals surface area contributed by atoms with Crippen LogP contribution in [0.1, 0.15) is 37.7 Å². The SMILES string of the molecule is CCC1COC(=O)N1c1nc(C)nc(N[C@@H](C)c2ccc(Oc3ccccc3)nc2)n1. The van der Waals surface area contributed by atoms with Gasteiger partial charge in [0.05, 0.1) is 12.1 Å². The number of amides is 1. The molecule has 1 aromatic carbocycles. The molecule has 1 amide bonds. The van der Waals surface area contributed by atoms with Gasteiger partial charge in [-0.25, -0.2) is 14.7 Å². The highest BCUT2D eigenvalue weighted by molar-refractivity contribution is 5.88. The fourth-order valence-electron chi connectivity index (χ4n) is 3.24. The second kappa shape index (κ2) is 8.95. The maximum Gasteiger partial charge on any atom is 0.417 e. The van der Waals surface area contributed by atoms with Crippen molar-refractivity contribution in [1.82, 2.24) is 19.9 Å². The van der Waals surface area contributed by atoms with Gasteiger partial charge in [-0.3, -0.25) is 0 Å². The molecule has 2 atom stereocenters. The summed E-state index contributed by atoms with van der Waals surface area (Å²) < 4.78 is 10.9. The van der Waals surface area contributed by atoms with Gasteiger partial charge < -0.3 is 14.8 Å². The molecule has 3 aromatic rings. The maximum absolute atomic E-state index is 12.1. The second-order valence-corrected chi connectivity index (χ2v) is 7.23. The Labute approximate surface area is 180 Å². The van der Waals surface area contributed by atoms with Crippen LogP contribution in [0.25, 0.3) is 0 Å². The molecule has 0 spiro atoms.